The number of halogens is 1. The second kappa shape index (κ2) is 11.9. The van der Waals surface area contributed by atoms with Gasteiger partial charge in [-0.15, -0.1) is 0 Å². The van der Waals surface area contributed by atoms with Gasteiger partial charge in [0, 0.05) is 5.02 Å². The maximum atomic E-state index is 12.6. The van der Waals surface area contributed by atoms with E-state index in [9.17, 15) is 20.1 Å². The van der Waals surface area contributed by atoms with Gasteiger partial charge in [-0.25, -0.2) is 4.79 Å². The van der Waals surface area contributed by atoms with Gasteiger partial charge in [-0.3, -0.25) is 0 Å². The molecule has 36 heavy (non-hydrogen) atoms. The third kappa shape index (κ3) is 5.88. The molecule has 0 bridgehead atoms. The first-order chi connectivity index (χ1) is 17.4. The van der Waals surface area contributed by atoms with Crippen molar-refractivity contribution in [3.05, 3.63) is 100 Å². The number of rotatable bonds is 8. The molecular weight excluding hydrogens is 484 g/mol. The molecule has 3 aromatic carbocycles. The molecule has 190 valence electrons. The van der Waals surface area contributed by atoms with Gasteiger partial charge in [-0.05, 0) is 60.4 Å². The van der Waals surface area contributed by atoms with Crippen LogP contribution in [0.4, 0.5) is 0 Å². The summed E-state index contributed by atoms with van der Waals surface area (Å²) in [6.45, 7) is 1.99. The molecule has 1 fully saturated rings. The van der Waals surface area contributed by atoms with Gasteiger partial charge in [0.1, 0.15) is 30.2 Å². The smallest absolute Gasteiger partial charge is 0.338 e. The first kappa shape index (κ1) is 26.1. The van der Waals surface area contributed by atoms with E-state index in [-0.39, 0.29) is 5.56 Å². The Hall–Kier alpha value is -2.94. The average Bonchev–Trinajstić information content (AvgIpc) is 2.90. The summed E-state index contributed by atoms with van der Waals surface area (Å²) in [4.78, 5) is 12.6. The minimum Gasteiger partial charge on any atom is -0.494 e. The molecule has 1 aliphatic heterocycles. The van der Waals surface area contributed by atoms with Crippen LogP contribution in [0.15, 0.2) is 72.8 Å². The second-order valence-electron chi connectivity index (χ2n) is 8.60. The van der Waals surface area contributed by atoms with E-state index in [1.54, 1.807) is 42.5 Å². The quantitative estimate of drug-likeness (QED) is 0.395. The van der Waals surface area contributed by atoms with E-state index in [2.05, 4.69) is 0 Å². The molecule has 5 atom stereocenters. The van der Waals surface area contributed by atoms with Crippen LogP contribution in [0.3, 0.4) is 0 Å². The standard InChI is InChI=1S/C28H29ClO7/c1-2-34-21-11-8-17(9-12-21)14-20-15-19(10-13-22(20)29)26-25(32)27(24(31)23(16-30)35-26)36-28(33)18-6-4-3-5-7-18/h3-13,15,23-27,30-32H,2,14,16H2,1H3. The van der Waals surface area contributed by atoms with Crippen molar-refractivity contribution >= 4 is 17.6 Å². The summed E-state index contributed by atoms with van der Waals surface area (Å²) in [6.07, 6.45) is -5.59. The van der Waals surface area contributed by atoms with Gasteiger partial charge in [-0.2, -0.15) is 0 Å². The third-order valence-corrected chi connectivity index (χ3v) is 6.51. The van der Waals surface area contributed by atoms with Crippen LogP contribution < -0.4 is 4.74 Å². The zero-order valence-electron chi connectivity index (χ0n) is 19.8. The Balaban J connectivity index is 1.57. The fraction of sp³-hybridized carbons (Fsp3) is 0.321. The minimum atomic E-state index is -1.41. The van der Waals surface area contributed by atoms with E-state index in [0.717, 1.165) is 16.9 Å². The minimum absolute atomic E-state index is 0.282. The van der Waals surface area contributed by atoms with Crippen LogP contribution in [0, 0.1) is 0 Å². The van der Waals surface area contributed by atoms with Crippen molar-refractivity contribution in [1.29, 1.82) is 0 Å². The van der Waals surface area contributed by atoms with Crippen LogP contribution in [-0.4, -0.2) is 58.9 Å². The summed E-state index contributed by atoms with van der Waals surface area (Å²) < 4.78 is 16.8. The highest BCUT2D eigenvalue weighted by Gasteiger charge is 2.47. The Morgan fingerprint density at radius 2 is 1.72 bits per heavy atom. The predicted octanol–water partition coefficient (Wildman–Crippen LogP) is 3.71. The Kier molecular flexibility index (Phi) is 8.61. The lowest BCUT2D eigenvalue weighted by molar-refractivity contribution is -0.231. The number of aliphatic hydroxyl groups excluding tert-OH is 3. The van der Waals surface area contributed by atoms with E-state index in [4.69, 9.17) is 25.8 Å². The number of carbonyl (C=O) groups is 1. The number of benzene rings is 3. The van der Waals surface area contributed by atoms with Crippen LogP contribution in [-0.2, 0) is 15.9 Å². The Bertz CT molecular complexity index is 1150. The second-order valence-corrected chi connectivity index (χ2v) is 9.01. The molecule has 0 aliphatic carbocycles. The first-order valence-corrected chi connectivity index (χ1v) is 12.2. The van der Waals surface area contributed by atoms with Crippen molar-refractivity contribution in [2.24, 2.45) is 0 Å². The van der Waals surface area contributed by atoms with Gasteiger partial charge in [0.2, 0.25) is 0 Å². The molecule has 0 amide bonds. The van der Waals surface area contributed by atoms with E-state index in [1.807, 2.05) is 37.3 Å². The summed E-state index contributed by atoms with van der Waals surface area (Å²) in [6, 6.07) is 21.2. The summed E-state index contributed by atoms with van der Waals surface area (Å²) >= 11 is 6.47. The Morgan fingerprint density at radius 1 is 1.00 bits per heavy atom. The van der Waals surface area contributed by atoms with Crippen molar-refractivity contribution in [3.8, 4) is 5.75 Å². The molecule has 0 radical (unpaired) electrons. The summed E-state index contributed by atoms with van der Waals surface area (Å²) in [5.41, 5.74) is 2.68. The van der Waals surface area contributed by atoms with Gasteiger partial charge in [0.25, 0.3) is 0 Å². The summed E-state index contributed by atoms with van der Waals surface area (Å²) in [5.74, 6) is 0.0906. The number of esters is 1. The van der Waals surface area contributed by atoms with Gasteiger partial charge < -0.3 is 29.5 Å². The monoisotopic (exact) mass is 512 g/mol. The number of aliphatic hydroxyl groups is 3. The average molecular weight is 513 g/mol. The van der Waals surface area contributed by atoms with Crippen LogP contribution in [0.2, 0.25) is 5.02 Å². The summed E-state index contributed by atoms with van der Waals surface area (Å²) in [5, 5.41) is 32.1. The highest BCUT2D eigenvalue weighted by molar-refractivity contribution is 6.31. The van der Waals surface area contributed by atoms with Crippen LogP contribution in [0.5, 0.6) is 5.75 Å². The molecule has 7 nitrogen and oxygen atoms in total. The maximum absolute atomic E-state index is 12.6. The van der Waals surface area contributed by atoms with E-state index in [0.29, 0.717) is 23.6 Å². The Labute approximate surface area is 214 Å². The molecule has 0 aromatic heterocycles. The normalized spacial score (nSPS) is 23.8. The molecule has 0 spiro atoms. The van der Waals surface area contributed by atoms with Crippen LogP contribution in [0.1, 0.15) is 40.1 Å². The fourth-order valence-electron chi connectivity index (χ4n) is 4.26. The third-order valence-electron chi connectivity index (χ3n) is 6.15. The molecule has 4 rings (SSSR count). The molecular formula is C28H29ClO7. The number of ether oxygens (including phenoxy) is 3. The lowest BCUT2D eigenvalue weighted by Gasteiger charge is -2.42. The van der Waals surface area contributed by atoms with Crippen molar-refractivity contribution in [2.45, 2.75) is 43.9 Å². The van der Waals surface area contributed by atoms with Crippen molar-refractivity contribution in [3.63, 3.8) is 0 Å². The maximum Gasteiger partial charge on any atom is 0.338 e. The van der Waals surface area contributed by atoms with Crippen molar-refractivity contribution < 1.29 is 34.3 Å². The summed E-state index contributed by atoms with van der Waals surface area (Å²) in [7, 11) is 0. The lowest BCUT2D eigenvalue weighted by atomic mass is 9.90. The first-order valence-electron chi connectivity index (χ1n) is 11.8. The zero-order chi connectivity index (χ0) is 25.7. The predicted molar refractivity (Wildman–Crippen MR) is 134 cm³/mol. The van der Waals surface area contributed by atoms with Gasteiger partial charge in [0.15, 0.2) is 6.10 Å². The molecule has 3 N–H and O–H groups in total. The molecule has 5 unspecified atom stereocenters. The Morgan fingerprint density at radius 3 is 2.39 bits per heavy atom. The van der Waals surface area contributed by atoms with Gasteiger partial charge in [-0.1, -0.05) is 54.1 Å². The molecule has 1 heterocycles. The largest absolute Gasteiger partial charge is 0.494 e. The highest BCUT2D eigenvalue weighted by Crippen LogP contribution is 2.36. The van der Waals surface area contributed by atoms with Crippen molar-refractivity contribution in [2.75, 3.05) is 13.2 Å². The molecule has 0 saturated carbocycles. The zero-order valence-corrected chi connectivity index (χ0v) is 20.5. The lowest BCUT2D eigenvalue weighted by Crippen LogP contribution is -2.56. The van der Waals surface area contributed by atoms with Gasteiger partial charge in [0.05, 0.1) is 18.8 Å². The number of carbonyl (C=O) groups excluding carboxylic acids is 1. The van der Waals surface area contributed by atoms with Crippen molar-refractivity contribution in [1.82, 2.24) is 0 Å². The van der Waals surface area contributed by atoms with E-state index < -0.39 is 43.1 Å². The van der Waals surface area contributed by atoms with E-state index in [1.165, 1.54) is 0 Å². The number of hydrogen-bond donors (Lipinski definition) is 3. The molecule has 8 heteroatoms. The molecule has 3 aromatic rings. The molecule has 1 aliphatic rings. The van der Waals surface area contributed by atoms with Crippen LogP contribution in [0.25, 0.3) is 0 Å². The van der Waals surface area contributed by atoms with Gasteiger partial charge >= 0.3 is 5.97 Å². The fourth-order valence-corrected chi connectivity index (χ4v) is 4.45. The van der Waals surface area contributed by atoms with Crippen LogP contribution >= 0.6 is 11.6 Å². The number of hydrogen-bond acceptors (Lipinski definition) is 7. The SMILES string of the molecule is CCOc1ccc(Cc2cc(C3OC(CO)C(O)C(OC(=O)c4ccccc4)C3O)ccc2Cl)cc1. The van der Waals surface area contributed by atoms with E-state index >= 15 is 0 Å². The topological polar surface area (TPSA) is 105 Å². The highest BCUT2D eigenvalue weighted by atomic mass is 35.5. The molecule has 1 saturated heterocycles.